The summed E-state index contributed by atoms with van der Waals surface area (Å²) in [6.45, 7) is 4.73. The van der Waals surface area contributed by atoms with E-state index in [1.54, 1.807) is 0 Å². The van der Waals surface area contributed by atoms with Gasteiger partial charge in [-0.3, -0.25) is 0 Å². The molecule has 3 nitrogen and oxygen atoms in total. The van der Waals surface area contributed by atoms with E-state index in [0.717, 1.165) is 38.8 Å². The van der Waals surface area contributed by atoms with Gasteiger partial charge in [0.25, 0.3) is 0 Å². The lowest BCUT2D eigenvalue weighted by Gasteiger charge is -2.52. The lowest BCUT2D eigenvalue weighted by atomic mass is 9.61. The van der Waals surface area contributed by atoms with E-state index in [2.05, 4.69) is 12.2 Å². The second-order valence-corrected chi connectivity index (χ2v) is 5.68. The number of nitrogens with one attached hydrogen (secondary N) is 1. The molecule has 2 atom stereocenters. The Morgan fingerprint density at radius 3 is 2.56 bits per heavy atom. The third-order valence-corrected chi connectivity index (χ3v) is 5.11. The van der Waals surface area contributed by atoms with Gasteiger partial charge in [-0.25, -0.2) is 0 Å². The normalized spacial score (nSPS) is 38.8. The Labute approximate surface area is 98.8 Å². The zero-order valence-corrected chi connectivity index (χ0v) is 10.5. The Hall–Kier alpha value is -0.120. The Morgan fingerprint density at radius 2 is 2.00 bits per heavy atom. The van der Waals surface area contributed by atoms with Crippen LogP contribution in [0, 0.1) is 11.3 Å². The van der Waals surface area contributed by atoms with Crippen LogP contribution in [0.25, 0.3) is 0 Å². The second kappa shape index (κ2) is 4.63. The molecule has 1 saturated carbocycles. The van der Waals surface area contributed by atoms with Gasteiger partial charge in [0.05, 0.1) is 5.60 Å². The number of piperidine rings is 1. The first-order chi connectivity index (χ1) is 7.68. The van der Waals surface area contributed by atoms with Crippen molar-refractivity contribution < 1.29 is 5.11 Å². The standard InChI is InChI=1S/C13H26N2O/c1-2-11-9-15-8-7-13(11,16)12(10-14)5-3-4-6-12/h11,15-16H,2-10,14H2,1H3. The van der Waals surface area contributed by atoms with Crippen molar-refractivity contribution >= 4 is 0 Å². The summed E-state index contributed by atoms with van der Waals surface area (Å²) in [5.74, 6) is 0.378. The molecule has 0 radical (unpaired) electrons. The summed E-state index contributed by atoms with van der Waals surface area (Å²) in [6.07, 6.45) is 6.65. The van der Waals surface area contributed by atoms with Gasteiger partial charge in [-0.15, -0.1) is 0 Å². The van der Waals surface area contributed by atoms with E-state index in [0.29, 0.717) is 12.5 Å². The fourth-order valence-electron chi connectivity index (χ4n) is 3.97. The van der Waals surface area contributed by atoms with Gasteiger partial charge in [-0.1, -0.05) is 19.8 Å². The maximum atomic E-state index is 11.2. The molecule has 0 spiro atoms. The smallest absolute Gasteiger partial charge is 0.0767 e. The van der Waals surface area contributed by atoms with Crippen LogP contribution in [0.1, 0.15) is 45.4 Å². The summed E-state index contributed by atoms with van der Waals surface area (Å²) >= 11 is 0. The van der Waals surface area contributed by atoms with Crippen molar-refractivity contribution in [3.8, 4) is 0 Å². The number of hydrogen-bond acceptors (Lipinski definition) is 3. The molecule has 2 unspecified atom stereocenters. The first-order valence-electron chi connectivity index (χ1n) is 6.82. The van der Waals surface area contributed by atoms with E-state index in [1.165, 1.54) is 12.8 Å². The van der Waals surface area contributed by atoms with Gasteiger partial charge >= 0.3 is 0 Å². The van der Waals surface area contributed by atoms with Crippen molar-refractivity contribution in [2.75, 3.05) is 19.6 Å². The third kappa shape index (κ3) is 1.69. The Kier molecular flexibility index (Phi) is 3.57. The molecular weight excluding hydrogens is 200 g/mol. The highest BCUT2D eigenvalue weighted by Gasteiger charge is 2.54. The van der Waals surface area contributed by atoms with Gasteiger partial charge in [-0.05, 0) is 32.2 Å². The number of rotatable bonds is 3. The topological polar surface area (TPSA) is 58.3 Å². The molecule has 1 aliphatic heterocycles. The van der Waals surface area contributed by atoms with E-state index < -0.39 is 5.60 Å². The van der Waals surface area contributed by atoms with E-state index in [9.17, 15) is 5.11 Å². The minimum atomic E-state index is -0.516. The Bertz CT molecular complexity index is 238. The van der Waals surface area contributed by atoms with Crippen LogP contribution in [0.2, 0.25) is 0 Å². The average Bonchev–Trinajstić information content (AvgIpc) is 2.80. The molecule has 16 heavy (non-hydrogen) atoms. The highest BCUT2D eigenvalue weighted by Crippen LogP contribution is 2.51. The average molecular weight is 226 g/mol. The van der Waals surface area contributed by atoms with E-state index in [1.807, 2.05) is 0 Å². The van der Waals surface area contributed by atoms with Crippen molar-refractivity contribution in [1.82, 2.24) is 5.32 Å². The summed E-state index contributed by atoms with van der Waals surface area (Å²) in [6, 6.07) is 0. The van der Waals surface area contributed by atoms with Gasteiger partial charge in [0.2, 0.25) is 0 Å². The molecule has 94 valence electrons. The number of hydrogen-bond donors (Lipinski definition) is 3. The molecule has 0 aromatic carbocycles. The SMILES string of the molecule is CCC1CNCCC1(O)C1(CN)CCCC1. The molecule has 1 heterocycles. The minimum absolute atomic E-state index is 0.00970. The molecular formula is C13H26N2O. The van der Waals surface area contributed by atoms with Crippen molar-refractivity contribution in [2.45, 2.75) is 51.0 Å². The highest BCUT2D eigenvalue weighted by atomic mass is 16.3. The molecule has 3 heteroatoms. The van der Waals surface area contributed by atoms with Gasteiger partial charge in [0, 0.05) is 24.4 Å². The minimum Gasteiger partial charge on any atom is -0.389 e. The van der Waals surface area contributed by atoms with Gasteiger partial charge in [0.1, 0.15) is 0 Å². The van der Waals surface area contributed by atoms with Gasteiger partial charge < -0.3 is 16.2 Å². The monoisotopic (exact) mass is 226 g/mol. The van der Waals surface area contributed by atoms with Crippen LogP contribution in [-0.4, -0.2) is 30.3 Å². The summed E-state index contributed by atoms with van der Waals surface area (Å²) in [5, 5.41) is 14.6. The van der Waals surface area contributed by atoms with Crippen LogP contribution >= 0.6 is 0 Å². The summed E-state index contributed by atoms with van der Waals surface area (Å²) in [7, 11) is 0. The molecule has 0 amide bonds. The van der Waals surface area contributed by atoms with Crippen LogP contribution in [0.5, 0.6) is 0 Å². The molecule has 1 aliphatic carbocycles. The van der Waals surface area contributed by atoms with Crippen LogP contribution in [0.15, 0.2) is 0 Å². The van der Waals surface area contributed by atoms with Gasteiger partial charge in [-0.2, -0.15) is 0 Å². The quantitative estimate of drug-likeness (QED) is 0.679. The lowest BCUT2D eigenvalue weighted by Crippen LogP contribution is -2.61. The van der Waals surface area contributed by atoms with Gasteiger partial charge in [0.15, 0.2) is 0 Å². The number of nitrogens with two attached hydrogens (primary N) is 1. The Morgan fingerprint density at radius 1 is 1.31 bits per heavy atom. The van der Waals surface area contributed by atoms with Crippen LogP contribution in [0.3, 0.4) is 0 Å². The largest absolute Gasteiger partial charge is 0.389 e. The predicted molar refractivity (Wildman–Crippen MR) is 66.2 cm³/mol. The first kappa shape index (κ1) is 12.3. The molecule has 2 rings (SSSR count). The Balaban J connectivity index is 2.25. The van der Waals surface area contributed by atoms with Crippen LogP contribution in [-0.2, 0) is 0 Å². The zero-order chi connectivity index (χ0) is 11.6. The molecule has 0 aromatic rings. The van der Waals surface area contributed by atoms with E-state index in [4.69, 9.17) is 5.73 Å². The summed E-state index contributed by atoms with van der Waals surface area (Å²) in [5.41, 5.74) is 5.52. The fraction of sp³-hybridized carbons (Fsp3) is 1.00. The van der Waals surface area contributed by atoms with Crippen LogP contribution < -0.4 is 11.1 Å². The molecule has 2 fully saturated rings. The second-order valence-electron chi connectivity index (χ2n) is 5.68. The van der Waals surface area contributed by atoms with Crippen molar-refractivity contribution in [2.24, 2.45) is 17.1 Å². The van der Waals surface area contributed by atoms with Crippen molar-refractivity contribution in [1.29, 1.82) is 0 Å². The summed E-state index contributed by atoms with van der Waals surface area (Å²) < 4.78 is 0. The molecule has 1 saturated heterocycles. The van der Waals surface area contributed by atoms with E-state index >= 15 is 0 Å². The lowest BCUT2D eigenvalue weighted by molar-refractivity contribution is -0.137. The van der Waals surface area contributed by atoms with E-state index in [-0.39, 0.29) is 5.41 Å². The first-order valence-corrected chi connectivity index (χ1v) is 6.82. The predicted octanol–water partition coefficient (Wildman–Crippen LogP) is 1.26. The fourth-order valence-corrected chi connectivity index (χ4v) is 3.97. The maximum Gasteiger partial charge on any atom is 0.0767 e. The summed E-state index contributed by atoms with van der Waals surface area (Å²) in [4.78, 5) is 0. The van der Waals surface area contributed by atoms with Crippen LogP contribution in [0.4, 0.5) is 0 Å². The van der Waals surface area contributed by atoms with Crippen molar-refractivity contribution in [3.63, 3.8) is 0 Å². The molecule has 0 aromatic heterocycles. The third-order valence-electron chi connectivity index (χ3n) is 5.11. The van der Waals surface area contributed by atoms with Crippen molar-refractivity contribution in [3.05, 3.63) is 0 Å². The highest BCUT2D eigenvalue weighted by molar-refractivity contribution is 5.07. The zero-order valence-electron chi connectivity index (χ0n) is 10.5. The molecule has 0 bridgehead atoms. The molecule has 2 aliphatic rings. The molecule has 4 N–H and O–H groups in total. The maximum absolute atomic E-state index is 11.2. The number of aliphatic hydroxyl groups is 1.